The van der Waals surface area contributed by atoms with E-state index >= 15 is 0 Å². The predicted molar refractivity (Wildman–Crippen MR) is 145 cm³/mol. The number of rotatable bonds is 7. The molecule has 4 aromatic rings. The number of phenolic OH excluding ortho intramolecular Hbond substituents is 1. The molecule has 0 aliphatic heterocycles. The molecule has 3 N–H and O–H groups in total. The first-order valence-electron chi connectivity index (χ1n) is 11.3. The second-order valence-electron chi connectivity index (χ2n) is 8.16. The van der Waals surface area contributed by atoms with E-state index < -0.39 is 11.9 Å². The molecule has 0 saturated heterocycles. The van der Waals surface area contributed by atoms with Crippen molar-refractivity contribution in [1.29, 1.82) is 0 Å². The van der Waals surface area contributed by atoms with E-state index in [9.17, 15) is 19.5 Å². The average Bonchev–Trinajstić information content (AvgIpc) is 2.90. The quantitative estimate of drug-likeness (QED) is 0.214. The van der Waals surface area contributed by atoms with Crippen molar-refractivity contribution in [3.63, 3.8) is 0 Å². The molecule has 0 unspecified atom stereocenters. The van der Waals surface area contributed by atoms with Gasteiger partial charge in [0, 0.05) is 16.6 Å². The third-order valence-corrected chi connectivity index (χ3v) is 6.23. The van der Waals surface area contributed by atoms with Crippen molar-refractivity contribution >= 4 is 50.6 Å². The lowest BCUT2D eigenvalue weighted by molar-refractivity contribution is -0.136. The highest BCUT2D eigenvalue weighted by molar-refractivity contribution is 9.10. The van der Waals surface area contributed by atoms with Crippen LogP contribution in [0.1, 0.15) is 31.8 Å². The Labute approximate surface area is 221 Å². The molecule has 0 saturated carbocycles. The Balaban J connectivity index is 1.50. The summed E-state index contributed by atoms with van der Waals surface area (Å²) in [5.74, 6) is -1.47. The maximum atomic E-state index is 13.0. The summed E-state index contributed by atoms with van der Waals surface area (Å²) in [5.41, 5.74) is 2.01. The molecule has 0 aromatic heterocycles. The molecule has 0 aliphatic carbocycles. The molecular formula is C29H23BrN2O5. The highest BCUT2D eigenvalue weighted by Gasteiger charge is 2.18. The molecule has 0 fully saturated rings. The maximum Gasteiger partial charge on any atom is 0.354 e. The van der Waals surface area contributed by atoms with Crippen molar-refractivity contribution in [2.24, 2.45) is 0 Å². The third kappa shape index (κ3) is 6.42. The highest BCUT2D eigenvalue weighted by atomic mass is 79.9. The normalized spacial score (nSPS) is 11.1. The number of hydrogen-bond donors (Lipinski definition) is 3. The Morgan fingerprint density at radius 3 is 2.41 bits per heavy atom. The molecule has 4 rings (SSSR count). The van der Waals surface area contributed by atoms with Crippen LogP contribution in [0.25, 0.3) is 16.8 Å². The van der Waals surface area contributed by atoms with Crippen molar-refractivity contribution in [2.75, 3.05) is 7.11 Å². The van der Waals surface area contributed by atoms with Gasteiger partial charge in [0.25, 0.3) is 11.8 Å². The van der Waals surface area contributed by atoms with Crippen LogP contribution < -0.4 is 10.6 Å². The SMILES string of the molecule is COC(=O)C(=Cc1ccc2ccccc2c1)NC(=O)c1ccc(C(=O)NCc2cccc(O)c2)cc1Br. The summed E-state index contributed by atoms with van der Waals surface area (Å²) >= 11 is 3.35. The number of nitrogens with one attached hydrogen (secondary N) is 2. The topological polar surface area (TPSA) is 105 Å². The zero-order valence-electron chi connectivity index (χ0n) is 19.8. The molecule has 4 aromatic carbocycles. The molecule has 186 valence electrons. The van der Waals surface area contributed by atoms with Gasteiger partial charge in [0.05, 0.1) is 12.7 Å². The molecule has 8 heteroatoms. The summed E-state index contributed by atoms with van der Waals surface area (Å²) in [6, 6.07) is 24.6. The second-order valence-corrected chi connectivity index (χ2v) is 9.01. The number of methoxy groups -OCH3 is 1. The lowest BCUT2D eigenvalue weighted by Gasteiger charge is -2.11. The van der Waals surface area contributed by atoms with Crippen molar-refractivity contribution in [3.8, 4) is 5.75 Å². The number of fused-ring (bicyclic) bond motifs is 1. The smallest absolute Gasteiger partial charge is 0.354 e. The van der Waals surface area contributed by atoms with Gasteiger partial charge in [0.2, 0.25) is 0 Å². The number of amides is 2. The number of phenols is 1. The van der Waals surface area contributed by atoms with Crippen molar-refractivity contribution in [1.82, 2.24) is 10.6 Å². The van der Waals surface area contributed by atoms with Gasteiger partial charge >= 0.3 is 5.97 Å². The van der Waals surface area contributed by atoms with Gasteiger partial charge in [-0.15, -0.1) is 0 Å². The van der Waals surface area contributed by atoms with E-state index in [1.807, 2.05) is 42.5 Å². The summed E-state index contributed by atoms with van der Waals surface area (Å²) in [7, 11) is 1.24. The molecule has 2 amide bonds. The minimum absolute atomic E-state index is 0.0254. The van der Waals surface area contributed by atoms with Gasteiger partial charge in [-0.25, -0.2) is 4.79 Å². The van der Waals surface area contributed by atoms with E-state index in [1.165, 1.54) is 25.3 Å². The van der Waals surface area contributed by atoms with Gasteiger partial charge in [-0.1, -0.05) is 48.5 Å². The first kappa shape index (κ1) is 25.7. The van der Waals surface area contributed by atoms with Crippen LogP contribution in [0.5, 0.6) is 5.75 Å². The van der Waals surface area contributed by atoms with Crippen LogP contribution in [0.2, 0.25) is 0 Å². The van der Waals surface area contributed by atoms with Crippen LogP contribution in [-0.2, 0) is 16.1 Å². The zero-order valence-corrected chi connectivity index (χ0v) is 21.4. The van der Waals surface area contributed by atoms with Gasteiger partial charge in [0.15, 0.2) is 0 Å². The standard InChI is InChI=1S/C29H23BrN2O5/c1-37-29(36)26(15-18-9-10-20-6-2-3-7-21(20)13-18)32-28(35)24-12-11-22(16-25(24)30)27(34)31-17-19-5-4-8-23(33)14-19/h2-16,33H,17H2,1H3,(H,31,34)(H,32,35). The van der Waals surface area contributed by atoms with Crippen LogP contribution in [-0.4, -0.2) is 30.0 Å². The minimum Gasteiger partial charge on any atom is -0.508 e. The van der Waals surface area contributed by atoms with E-state index in [0.717, 1.165) is 21.9 Å². The molecular weight excluding hydrogens is 536 g/mol. The van der Waals surface area contributed by atoms with Crippen LogP contribution in [0.4, 0.5) is 0 Å². The lowest BCUT2D eigenvalue weighted by atomic mass is 10.1. The van der Waals surface area contributed by atoms with Gasteiger partial charge in [0.1, 0.15) is 11.4 Å². The number of ether oxygens (including phenoxy) is 1. The molecule has 0 heterocycles. The third-order valence-electron chi connectivity index (χ3n) is 5.58. The fraction of sp³-hybridized carbons (Fsp3) is 0.0690. The minimum atomic E-state index is -0.694. The van der Waals surface area contributed by atoms with Gasteiger partial charge in [-0.3, -0.25) is 9.59 Å². The number of halogens is 1. The van der Waals surface area contributed by atoms with Gasteiger partial charge in [-0.05, 0) is 80.3 Å². The molecule has 7 nitrogen and oxygen atoms in total. The number of aromatic hydroxyl groups is 1. The molecule has 0 aliphatic rings. The van der Waals surface area contributed by atoms with Crippen molar-refractivity contribution < 1.29 is 24.2 Å². The molecule has 0 radical (unpaired) electrons. The number of carbonyl (C=O) groups excluding carboxylic acids is 3. The Bertz CT molecular complexity index is 1530. The summed E-state index contributed by atoms with van der Waals surface area (Å²) in [5, 5.41) is 17.0. The van der Waals surface area contributed by atoms with Crippen LogP contribution in [0.3, 0.4) is 0 Å². The van der Waals surface area contributed by atoms with E-state index in [4.69, 9.17) is 4.74 Å². The van der Waals surface area contributed by atoms with Crippen LogP contribution in [0, 0.1) is 0 Å². The molecule has 0 atom stereocenters. The highest BCUT2D eigenvalue weighted by Crippen LogP contribution is 2.21. The van der Waals surface area contributed by atoms with E-state index in [0.29, 0.717) is 10.0 Å². The Hall–Kier alpha value is -4.43. The van der Waals surface area contributed by atoms with Gasteiger partial charge in [-0.2, -0.15) is 0 Å². The fourth-order valence-electron chi connectivity index (χ4n) is 3.70. The largest absolute Gasteiger partial charge is 0.508 e. The number of carbonyl (C=O) groups is 3. The predicted octanol–water partition coefficient (Wildman–Crippen LogP) is 5.18. The first-order valence-corrected chi connectivity index (χ1v) is 12.1. The van der Waals surface area contributed by atoms with E-state index in [1.54, 1.807) is 30.3 Å². The van der Waals surface area contributed by atoms with Crippen molar-refractivity contribution in [2.45, 2.75) is 6.54 Å². The molecule has 0 spiro atoms. The number of esters is 1. The summed E-state index contributed by atoms with van der Waals surface area (Å²) in [4.78, 5) is 38.0. The summed E-state index contributed by atoms with van der Waals surface area (Å²) < 4.78 is 5.24. The van der Waals surface area contributed by atoms with Crippen molar-refractivity contribution in [3.05, 3.63) is 117 Å². The number of hydrogen-bond acceptors (Lipinski definition) is 5. The van der Waals surface area contributed by atoms with Crippen LogP contribution in [0.15, 0.2) is 95.1 Å². The summed E-state index contributed by atoms with van der Waals surface area (Å²) in [6.07, 6.45) is 1.55. The average molecular weight is 559 g/mol. The van der Waals surface area contributed by atoms with Gasteiger partial charge < -0.3 is 20.5 Å². The first-order chi connectivity index (χ1) is 17.8. The lowest BCUT2D eigenvalue weighted by Crippen LogP contribution is -2.28. The second kappa shape index (κ2) is 11.5. The zero-order chi connectivity index (χ0) is 26.4. The Kier molecular flexibility index (Phi) is 8.00. The fourth-order valence-corrected chi connectivity index (χ4v) is 4.26. The molecule has 37 heavy (non-hydrogen) atoms. The summed E-state index contributed by atoms with van der Waals surface area (Å²) in [6.45, 7) is 0.231. The van der Waals surface area contributed by atoms with Crippen LogP contribution >= 0.6 is 15.9 Å². The molecule has 0 bridgehead atoms. The van der Waals surface area contributed by atoms with E-state index in [-0.39, 0.29) is 29.5 Å². The Morgan fingerprint density at radius 1 is 0.892 bits per heavy atom. The van der Waals surface area contributed by atoms with E-state index in [2.05, 4.69) is 26.6 Å². The Morgan fingerprint density at radius 2 is 1.68 bits per heavy atom. The maximum absolute atomic E-state index is 13.0. The number of benzene rings is 4. The monoisotopic (exact) mass is 558 g/mol.